The minimum absolute atomic E-state index is 0.0262. The van der Waals surface area contributed by atoms with Crippen molar-refractivity contribution in [3.05, 3.63) is 0 Å². The highest BCUT2D eigenvalue weighted by molar-refractivity contribution is 7.47. The molecule has 0 aliphatic rings. The molecule has 0 rings (SSSR count). The highest BCUT2D eigenvalue weighted by Crippen LogP contribution is 2.45. The quantitative estimate of drug-likeness (QED) is 0.571. The Morgan fingerprint density at radius 1 is 1.24 bits per heavy atom. The molecular formula is C11H26BO4P. The Morgan fingerprint density at radius 3 is 2.00 bits per heavy atom. The molecule has 0 fully saturated rings. The van der Waals surface area contributed by atoms with Crippen LogP contribution in [0.3, 0.4) is 0 Å². The van der Waals surface area contributed by atoms with Crippen molar-refractivity contribution >= 4 is 15.3 Å². The zero-order valence-electron chi connectivity index (χ0n) is 11.9. The van der Waals surface area contributed by atoms with Crippen molar-refractivity contribution in [2.75, 3.05) is 0 Å². The molecule has 102 valence electrons. The molecule has 0 heterocycles. The van der Waals surface area contributed by atoms with Gasteiger partial charge in [-0.15, -0.1) is 0 Å². The van der Waals surface area contributed by atoms with Gasteiger partial charge in [-0.25, -0.2) is 4.57 Å². The van der Waals surface area contributed by atoms with Gasteiger partial charge in [0.15, 0.2) is 0 Å². The molecule has 0 bridgehead atoms. The molecule has 0 aromatic carbocycles. The first-order valence-electron chi connectivity index (χ1n) is 6.07. The van der Waals surface area contributed by atoms with Crippen molar-refractivity contribution in [3.8, 4) is 0 Å². The first-order valence-corrected chi connectivity index (χ1v) is 7.60. The molecule has 2 N–H and O–H groups in total. The van der Waals surface area contributed by atoms with Crippen LogP contribution in [0.5, 0.6) is 0 Å². The molecule has 17 heavy (non-hydrogen) atoms. The van der Waals surface area contributed by atoms with E-state index in [-0.39, 0.29) is 24.1 Å². The Bertz CT molecular complexity index is 280. The van der Waals surface area contributed by atoms with E-state index in [1.54, 1.807) is 0 Å². The maximum atomic E-state index is 10.8. The molecule has 6 heteroatoms. The summed E-state index contributed by atoms with van der Waals surface area (Å²) in [4.78, 5) is 17.6. The van der Waals surface area contributed by atoms with Gasteiger partial charge in [0.2, 0.25) is 0 Å². The lowest BCUT2D eigenvalue weighted by Crippen LogP contribution is -2.27. The van der Waals surface area contributed by atoms with Gasteiger partial charge in [-0.2, -0.15) is 0 Å². The molecule has 0 aliphatic carbocycles. The summed E-state index contributed by atoms with van der Waals surface area (Å²) in [5.41, 5.74) is 0.137. The fourth-order valence-electron chi connectivity index (χ4n) is 1.61. The predicted molar refractivity (Wildman–Crippen MR) is 72.2 cm³/mol. The van der Waals surface area contributed by atoms with Crippen molar-refractivity contribution in [2.45, 2.75) is 60.2 Å². The molecule has 4 nitrogen and oxygen atoms in total. The van der Waals surface area contributed by atoms with E-state index in [9.17, 15) is 4.57 Å². The second kappa shape index (κ2) is 5.88. The summed E-state index contributed by atoms with van der Waals surface area (Å²) in [5.74, 6) is 0.130. The summed E-state index contributed by atoms with van der Waals surface area (Å²) >= 11 is 0. The molecular weight excluding hydrogens is 238 g/mol. The van der Waals surface area contributed by atoms with Crippen LogP contribution >= 0.6 is 7.82 Å². The number of phosphoric acid groups is 1. The second-order valence-electron chi connectivity index (χ2n) is 6.57. The third-order valence-corrected chi connectivity index (χ3v) is 3.91. The third kappa shape index (κ3) is 7.98. The van der Waals surface area contributed by atoms with Gasteiger partial charge in [0.1, 0.15) is 0 Å². The minimum atomic E-state index is -4.36. The Hall–Kier alpha value is 0.175. The summed E-state index contributed by atoms with van der Waals surface area (Å²) in [5, 5.41) is 0. The molecule has 0 aromatic heterocycles. The van der Waals surface area contributed by atoms with Crippen LogP contribution in [0.2, 0.25) is 5.82 Å². The summed E-state index contributed by atoms with van der Waals surface area (Å²) in [6.07, 6.45) is 1.93. The van der Waals surface area contributed by atoms with Crippen LogP contribution in [-0.4, -0.2) is 17.3 Å². The molecule has 0 aliphatic heterocycles. The Balaban J connectivity index is 4.63. The fraction of sp³-hybridized carbons (Fsp3) is 1.00. The van der Waals surface area contributed by atoms with Gasteiger partial charge < -0.3 is 14.2 Å². The van der Waals surface area contributed by atoms with Crippen molar-refractivity contribution < 1.29 is 18.8 Å². The van der Waals surface area contributed by atoms with E-state index in [0.29, 0.717) is 0 Å². The average molecular weight is 264 g/mol. The number of hydrogen-bond donors (Lipinski definition) is 2. The lowest BCUT2D eigenvalue weighted by Gasteiger charge is -2.36. The van der Waals surface area contributed by atoms with E-state index in [0.717, 1.165) is 12.8 Å². The second-order valence-corrected chi connectivity index (χ2v) is 7.81. The van der Waals surface area contributed by atoms with Crippen LogP contribution in [-0.2, 0) is 9.01 Å². The van der Waals surface area contributed by atoms with Crippen molar-refractivity contribution in [2.24, 2.45) is 10.8 Å². The number of rotatable bonds is 6. The van der Waals surface area contributed by atoms with Crippen LogP contribution in [0.25, 0.3) is 0 Å². The van der Waals surface area contributed by atoms with Crippen molar-refractivity contribution in [1.82, 2.24) is 0 Å². The van der Waals surface area contributed by atoms with E-state index < -0.39 is 7.82 Å². The molecule has 0 aromatic rings. The lowest BCUT2D eigenvalue weighted by atomic mass is 9.58. The van der Waals surface area contributed by atoms with Crippen LogP contribution in [0.1, 0.15) is 54.4 Å². The zero-order valence-corrected chi connectivity index (χ0v) is 12.8. The van der Waals surface area contributed by atoms with Crippen molar-refractivity contribution in [3.63, 3.8) is 0 Å². The van der Waals surface area contributed by atoms with Gasteiger partial charge in [-0.3, -0.25) is 0 Å². The van der Waals surface area contributed by atoms with Crippen LogP contribution in [0, 0.1) is 10.8 Å². The maximum absolute atomic E-state index is 10.8. The topological polar surface area (TPSA) is 66.8 Å². The van der Waals surface area contributed by atoms with E-state index in [2.05, 4.69) is 46.0 Å². The Kier molecular flexibility index (Phi) is 5.94. The fourth-order valence-corrected chi connectivity index (χ4v) is 1.99. The smallest absolute Gasteiger partial charge is 0.353 e. The molecule has 0 spiro atoms. The van der Waals surface area contributed by atoms with Crippen LogP contribution < -0.4 is 0 Å². The van der Waals surface area contributed by atoms with Gasteiger partial charge in [0.05, 0.1) is 0 Å². The minimum Gasteiger partial charge on any atom is -0.353 e. The standard InChI is InChI=1S/C11H26BO4P/c1-7-11(5,6)8-9(10(2,3)4)12-16-17(13,14)15/h9,12H,7-8H2,1-6H3,(H2,13,14,15). The highest BCUT2D eigenvalue weighted by atomic mass is 31.2. The van der Waals surface area contributed by atoms with E-state index in [1.807, 2.05) is 0 Å². The number of hydrogen-bond acceptors (Lipinski definition) is 2. The van der Waals surface area contributed by atoms with Gasteiger partial charge in [0, 0.05) is 0 Å². The van der Waals surface area contributed by atoms with E-state index >= 15 is 0 Å². The third-order valence-electron chi connectivity index (χ3n) is 3.42. The first-order chi connectivity index (χ1) is 7.37. The summed E-state index contributed by atoms with van der Waals surface area (Å²) in [6.45, 7) is 12.7. The van der Waals surface area contributed by atoms with Gasteiger partial charge in [0.25, 0.3) is 7.48 Å². The molecule has 0 radical (unpaired) electrons. The lowest BCUT2D eigenvalue weighted by molar-refractivity contribution is 0.230. The molecule has 1 unspecified atom stereocenters. The molecule has 0 saturated carbocycles. The normalized spacial score (nSPS) is 15.8. The predicted octanol–water partition coefficient (Wildman–Crippen LogP) is 3.11. The SMILES string of the molecule is CCC(C)(C)CC(BOP(=O)(O)O)C(C)(C)C. The van der Waals surface area contributed by atoms with Crippen LogP contribution in [0.4, 0.5) is 0 Å². The molecule has 1 atom stereocenters. The molecule has 0 saturated heterocycles. The van der Waals surface area contributed by atoms with Gasteiger partial charge in [-0.05, 0) is 23.1 Å². The van der Waals surface area contributed by atoms with E-state index in [1.165, 1.54) is 0 Å². The average Bonchev–Trinajstić information content (AvgIpc) is 2.09. The zero-order chi connectivity index (χ0) is 13.9. The van der Waals surface area contributed by atoms with Gasteiger partial charge in [-0.1, -0.05) is 48.0 Å². The monoisotopic (exact) mass is 264 g/mol. The summed E-state index contributed by atoms with van der Waals surface area (Å²) in [7, 11) is -4.25. The summed E-state index contributed by atoms with van der Waals surface area (Å²) < 4.78 is 15.4. The Labute approximate surface area is 106 Å². The first kappa shape index (κ1) is 17.2. The largest absolute Gasteiger partial charge is 0.455 e. The summed E-state index contributed by atoms with van der Waals surface area (Å²) in [6, 6.07) is 0. The van der Waals surface area contributed by atoms with Crippen LogP contribution in [0.15, 0.2) is 0 Å². The molecule has 0 amide bonds. The van der Waals surface area contributed by atoms with E-state index in [4.69, 9.17) is 9.79 Å². The van der Waals surface area contributed by atoms with Crippen molar-refractivity contribution in [1.29, 1.82) is 0 Å². The highest BCUT2D eigenvalue weighted by Gasteiger charge is 2.33. The maximum Gasteiger partial charge on any atom is 0.455 e. The Morgan fingerprint density at radius 2 is 1.71 bits per heavy atom. The van der Waals surface area contributed by atoms with Gasteiger partial charge >= 0.3 is 7.82 Å².